The molecule has 0 radical (unpaired) electrons. The van der Waals surface area contributed by atoms with E-state index in [2.05, 4.69) is 26.1 Å². The van der Waals surface area contributed by atoms with Gasteiger partial charge in [0.1, 0.15) is 0 Å². The second kappa shape index (κ2) is 5.13. The van der Waals surface area contributed by atoms with E-state index >= 15 is 0 Å². The van der Waals surface area contributed by atoms with Crippen molar-refractivity contribution in [1.82, 2.24) is 5.32 Å². The summed E-state index contributed by atoms with van der Waals surface area (Å²) < 4.78 is 5.14. The van der Waals surface area contributed by atoms with Crippen molar-refractivity contribution in [3.05, 3.63) is 0 Å². The molecule has 0 heterocycles. The first-order chi connectivity index (χ1) is 6.60. The van der Waals surface area contributed by atoms with E-state index in [0.29, 0.717) is 11.5 Å². The van der Waals surface area contributed by atoms with Gasteiger partial charge in [0.15, 0.2) is 0 Å². The summed E-state index contributed by atoms with van der Waals surface area (Å²) in [6, 6.07) is 0.613. The fourth-order valence-electron chi connectivity index (χ4n) is 2.01. The maximum Gasteiger partial charge on any atom is 0.0465 e. The second-order valence-corrected chi connectivity index (χ2v) is 5.08. The Morgan fingerprint density at radius 1 is 1.29 bits per heavy atom. The lowest BCUT2D eigenvalue weighted by Gasteiger charge is -2.24. The van der Waals surface area contributed by atoms with Crippen LogP contribution in [0.2, 0.25) is 0 Å². The number of ether oxygens (including phenoxy) is 1. The maximum absolute atomic E-state index is 5.14. The van der Waals surface area contributed by atoms with Crippen molar-refractivity contribution in [2.24, 2.45) is 11.3 Å². The Labute approximate surface area is 88.4 Å². The number of nitrogens with one attached hydrogen (secondary N) is 1. The third kappa shape index (κ3) is 3.25. The Hall–Kier alpha value is -0.0800. The highest BCUT2D eigenvalue weighted by atomic mass is 16.5. The molecule has 0 aromatic heterocycles. The van der Waals surface area contributed by atoms with Crippen LogP contribution in [0.5, 0.6) is 0 Å². The van der Waals surface area contributed by atoms with Crippen LogP contribution in [0.1, 0.15) is 40.0 Å². The van der Waals surface area contributed by atoms with E-state index in [1.165, 1.54) is 25.8 Å². The quantitative estimate of drug-likeness (QED) is 0.680. The summed E-state index contributed by atoms with van der Waals surface area (Å²) in [6.45, 7) is 8.90. The fourth-order valence-corrected chi connectivity index (χ4v) is 2.01. The van der Waals surface area contributed by atoms with Gasteiger partial charge in [-0.25, -0.2) is 0 Å². The van der Waals surface area contributed by atoms with Crippen LogP contribution in [0.15, 0.2) is 0 Å². The SMILES string of the molecule is COCCC(C)C1(CNC(C)C)CC1. The molecule has 1 aliphatic rings. The number of hydrogen-bond acceptors (Lipinski definition) is 2. The molecule has 0 amide bonds. The van der Waals surface area contributed by atoms with Crippen LogP contribution in [-0.4, -0.2) is 26.3 Å². The van der Waals surface area contributed by atoms with Gasteiger partial charge >= 0.3 is 0 Å². The average molecular weight is 199 g/mol. The molecular formula is C12H25NO. The van der Waals surface area contributed by atoms with Gasteiger partial charge < -0.3 is 10.1 Å². The third-order valence-corrected chi connectivity index (χ3v) is 3.55. The van der Waals surface area contributed by atoms with E-state index in [0.717, 1.165) is 12.5 Å². The van der Waals surface area contributed by atoms with Crippen molar-refractivity contribution < 1.29 is 4.74 Å². The molecule has 2 heteroatoms. The molecule has 1 N–H and O–H groups in total. The number of methoxy groups -OCH3 is 1. The molecule has 0 spiro atoms. The molecular weight excluding hydrogens is 174 g/mol. The molecule has 1 aliphatic carbocycles. The number of rotatable bonds is 7. The monoisotopic (exact) mass is 199 g/mol. The molecule has 0 aromatic carbocycles. The minimum atomic E-state index is 0.600. The maximum atomic E-state index is 5.14. The van der Waals surface area contributed by atoms with Crippen LogP contribution >= 0.6 is 0 Å². The summed E-state index contributed by atoms with van der Waals surface area (Å²) in [6.07, 6.45) is 4.01. The smallest absolute Gasteiger partial charge is 0.0465 e. The summed E-state index contributed by atoms with van der Waals surface area (Å²) in [5, 5.41) is 3.56. The van der Waals surface area contributed by atoms with E-state index in [1.54, 1.807) is 7.11 Å². The van der Waals surface area contributed by atoms with Crippen LogP contribution in [0.25, 0.3) is 0 Å². The van der Waals surface area contributed by atoms with Crippen molar-refractivity contribution >= 4 is 0 Å². The van der Waals surface area contributed by atoms with Crippen LogP contribution in [0, 0.1) is 11.3 Å². The molecule has 14 heavy (non-hydrogen) atoms. The molecule has 1 atom stereocenters. The zero-order valence-electron chi connectivity index (χ0n) is 10.1. The Morgan fingerprint density at radius 2 is 1.93 bits per heavy atom. The fraction of sp³-hybridized carbons (Fsp3) is 1.00. The zero-order chi connectivity index (χ0) is 10.6. The average Bonchev–Trinajstić information content (AvgIpc) is 2.92. The predicted octanol–water partition coefficient (Wildman–Crippen LogP) is 2.44. The van der Waals surface area contributed by atoms with Crippen LogP contribution in [-0.2, 0) is 4.74 Å². The van der Waals surface area contributed by atoms with Crippen LogP contribution in [0.3, 0.4) is 0 Å². The lowest BCUT2D eigenvalue weighted by Crippen LogP contribution is -2.33. The van der Waals surface area contributed by atoms with Gasteiger partial charge in [0, 0.05) is 26.3 Å². The highest BCUT2D eigenvalue weighted by molar-refractivity contribution is 4.98. The van der Waals surface area contributed by atoms with Gasteiger partial charge in [0.05, 0.1) is 0 Å². The lowest BCUT2D eigenvalue weighted by molar-refractivity contribution is 0.158. The Balaban J connectivity index is 2.26. The Bertz CT molecular complexity index is 164. The third-order valence-electron chi connectivity index (χ3n) is 3.55. The van der Waals surface area contributed by atoms with Gasteiger partial charge in [-0.2, -0.15) is 0 Å². The number of hydrogen-bond donors (Lipinski definition) is 1. The molecule has 0 bridgehead atoms. The molecule has 2 nitrogen and oxygen atoms in total. The summed E-state index contributed by atoms with van der Waals surface area (Å²) >= 11 is 0. The van der Waals surface area contributed by atoms with E-state index in [9.17, 15) is 0 Å². The van der Waals surface area contributed by atoms with E-state index < -0.39 is 0 Å². The molecule has 1 fully saturated rings. The van der Waals surface area contributed by atoms with Gasteiger partial charge in [-0.1, -0.05) is 20.8 Å². The van der Waals surface area contributed by atoms with E-state index in [1.807, 2.05) is 0 Å². The Kier molecular flexibility index (Phi) is 4.39. The van der Waals surface area contributed by atoms with E-state index in [-0.39, 0.29) is 0 Å². The van der Waals surface area contributed by atoms with E-state index in [4.69, 9.17) is 4.74 Å². The minimum Gasteiger partial charge on any atom is -0.385 e. The first-order valence-corrected chi connectivity index (χ1v) is 5.83. The van der Waals surface area contributed by atoms with Crippen molar-refractivity contribution in [1.29, 1.82) is 0 Å². The zero-order valence-corrected chi connectivity index (χ0v) is 10.1. The summed E-state index contributed by atoms with van der Waals surface area (Å²) in [5.74, 6) is 0.800. The van der Waals surface area contributed by atoms with Gasteiger partial charge in [0.25, 0.3) is 0 Å². The molecule has 0 saturated heterocycles. The molecule has 0 aromatic rings. The Morgan fingerprint density at radius 3 is 2.36 bits per heavy atom. The first-order valence-electron chi connectivity index (χ1n) is 5.83. The molecule has 1 saturated carbocycles. The molecule has 84 valence electrons. The van der Waals surface area contributed by atoms with Crippen molar-refractivity contribution in [2.45, 2.75) is 46.1 Å². The predicted molar refractivity (Wildman–Crippen MR) is 60.5 cm³/mol. The first kappa shape index (κ1) is 12.0. The second-order valence-electron chi connectivity index (χ2n) is 5.08. The summed E-state index contributed by atoms with van der Waals surface area (Å²) in [5.41, 5.74) is 0.600. The standard InChI is InChI=1S/C12H25NO/c1-10(2)13-9-12(6-7-12)11(3)5-8-14-4/h10-11,13H,5-9H2,1-4H3. The highest BCUT2D eigenvalue weighted by Gasteiger charge is 2.46. The van der Waals surface area contributed by atoms with Crippen molar-refractivity contribution in [2.75, 3.05) is 20.3 Å². The van der Waals surface area contributed by atoms with Gasteiger partial charge in [0.2, 0.25) is 0 Å². The highest BCUT2D eigenvalue weighted by Crippen LogP contribution is 2.52. The van der Waals surface area contributed by atoms with Gasteiger partial charge in [-0.15, -0.1) is 0 Å². The minimum absolute atomic E-state index is 0.600. The normalized spacial score (nSPS) is 21.2. The van der Waals surface area contributed by atoms with Crippen LogP contribution < -0.4 is 5.32 Å². The summed E-state index contributed by atoms with van der Waals surface area (Å²) in [4.78, 5) is 0. The molecule has 1 rings (SSSR count). The molecule has 1 unspecified atom stereocenters. The van der Waals surface area contributed by atoms with Gasteiger partial charge in [-0.05, 0) is 30.6 Å². The summed E-state index contributed by atoms with van der Waals surface area (Å²) in [7, 11) is 1.79. The van der Waals surface area contributed by atoms with Gasteiger partial charge in [-0.3, -0.25) is 0 Å². The van der Waals surface area contributed by atoms with Crippen molar-refractivity contribution in [3.63, 3.8) is 0 Å². The van der Waals surface area contributed by atoms with Crippen LogP contribution in [0.4, 0.5) is 0 Å². The topological polar surface area (TPSA) is 21.3 Å². The largest absolute Gasteiger partial charge is 0.385 e. The lowest BCUT2D eigenvalue weighted by atomic mass is 9.88. The van der Waals surface area contributed by atoms with Crippen molar-refractivity contribution in [3.8, 4) is 0 Å². The molecule has 0 aliphatic heterocycles.